The number of methoxy groups -OCH3 is 1. The van der Waals surface area contributed by atoms with E-state index < -0.39 is 5.97 Å². The van der Waals surface area contributed by atoms with Crippen LogP contribution in [0.5, 0.6) is 5.75 Å². The molecule has 5 nitrogen and oxygen atoms in total. The fourth-order valence-corrected chi connectivity index (χ4v) is 3.48. The van der Waals surface area contributed by atoms with Gasteiger partial charge in [-0.25, -0.2) is 4.79 Å². The highest BCUT2D eigenvalue weighted by Crippen LogP contribution is 2.41. The zero-order chi connectivity index (χ0) is 16.0. The van der Waals surface area contributed by atoms with E-state index in [2.05, 4.69) is 21.0 Å². The third kappa shape index (κ3) is 2.22. The number of carbonyl (C=O) groups is 1. The van der Waals surface area contributed by atoms with Gasteiger partial charge in [-0.3, -0.25) is 4.68 Å². The van der Waals surface area contributed by atoms with E-state index in [-0.39, 0.29) is 11.7 Å². The van der Waals surface area contributed by atoms with Crippen LogP contribution in [0, 0.1) is 0 Å². The zero-order valence-corrected chi connectivity index (χ0v) is 14.3. The van der Waals surface area contributed by atoms with Crippen LogP contribution < -0.4 is 4.74 Å². The molecule has 1 aromatic carbocycles. The highest BCUT2D eigenvalue weighted by atomic mass is 79.9. The largest absolute Gasteiger partial charge is 0.496 e. The first-order valence-corrected chi connectivity index (χ1v) is 7.94. The van der Waals surface area contributed by atoms with Crippen molar-refractivity contribution in [2.24, 2.45) is 0 Å². The maximum Gasteiger partial charge on any atom is 0.356 e. The molecule has 0 atom stereocenters. The molecule has 1 aromatic heterocycles. The van der Waals surface area contributed by atoms with Crippen LogP contribution in [0.2, 0.25) is 0 Å². The summed E-state index contributed by atoms with van der Waals surface area (Å²) in [7, 11) is 1.64. The van der Waals surface area contributed by atoms with Gasteiger partial charge in [0.05, 0.1) is 17.3 Å². The Morgan fingerprint density at radius 1 is 1.41 bits per heavy atom. The summed E-state index contributed by atoms with van der Waals surface area (Å²) in [6.45, 7) is 4.01. The number of aromatic carboxylic acids is 1. The summed E-state index contributed by atoms with van der Waals surface area (Å²) in [6, 6.07) is 4.10. The standard InChI is InChI=1S/C16H17BrN2O3/c1-8(2)19-15-10(14(18-19)16(20)21)5-4-9-6-13(22-3)12(17)7-11(9)15/h6-8H,4-5H2,1-3H3,(H,20,21). The molecule has 0 radical (unpaired) electrons. The van der Waals surface area contributed by atoms with Crippen molar-refractivity contribution < 1.29 is 14.6 Å². The number of rotatable bonds is 3. The molecular weight excluding hydrogens is 348 g/mol. The SMILES string of the molecule is COc1cc2c(cc1Br)-c1c(c(C(=O)O)nn1C(C)C)CC2. The summed E-state index contributed by atoms with van der Waals surface area (Å²) in [5.41, 5.74) is 4.10. The second kappa shape index (κ2) is 5.43. The molecule has 1 heterocycles. The minimum absolute atomic E-state index is 0.0914. The van der Waals surface area contributed by atoms with E-state index in [0.717, 1.165) is 39.0 Å². The number of halogens is 1. The predicted molar refractivity (Wildman–Crippen MR) is 86.7 cm³/mol. The molecule has 1 aliphatic carbocycles. The number of carboxylic acids is 1. The minimum atomic E-state index is -0.966. The van der Waals surface area contributed by atoms with Crippen LogP contribution in [-0.4, -0.2) is 28.0 Å². The van der Waals surface area contributed by atoms with E-state index >= 15 is 0 Å². The van der Waals surface area contributed by atoms with Gasteiger partial charge in [-0.1, -0.05) is 0 Å². The van der Waals surface area contributed by atoms with Gasteiger partial charge >= 0.3 is 5.97 Å². The van der Waals surface area contributed by atoms with E-state index in [1.807, 2.05) is 30.7 Å². The monoisotopic (exact) mass is 364 g/mol. The van der Waals surface area contributed by atoms with Crippen molar-refractivity contribution in [2.45, 2.75) is 32.7 Å². The van der Waals surface area contributed by atoms with Crippen LogP contribution >= 0.6 is 15.9 Å². The van der Waals surface area contributed by atoms with E-state index in [0.29, 0.717) is 6.42 Å². The van der Waals surface area contributed by atoms with Crippen LogP contribution in [0.1, 0.15) is 41.5 Å². The molecule has 0 aliphatic heterocycles. The Morgan fingerprint density at radius 2 is 2.14 bits per heavy atom. The maximum absolute atomic E-state index is 11.5. The molecule has 3 rings (SSSR count). The first kappa shape index (κ1) is 15.1. The molecule has 0 unspecified atom stereocenters. The fraction of sp³-hybridized carbons (Fsp3) is 0.375. The smallest absolute Gasteiger partial charge is 0.356 e. The Kier molecular flexibility index (Phi) is 3.72. The average molecular weight is 365 g/mol. The molecule has 0 bridgehead atoms. The number of benzene rings is 1. The van der Waals surface area contributed by atoms with Crippen molar-refractivity contribution in [3.05, 3.63) is 33.4 Å². The summed E-state index contributed by atoms with van der Waals surface area (Å²) in [4.78, 5) is 11.5. The molecule has 2 aromatic rings. The van der Waals surface area contributed by atoms with Crippen molar-refractivity contribution >= 4 is 21.9 Å². The molecule has 0 saturated carbocycles. The summed E-state index contributed by atoms with van der Waals surface area (Å²) in [5.74, 6) is -0.178. The second-order valence-electron chi connectivity index (χ2n) is 5.66. The molecule has 0 saturated heterocycles. The summed E-state index contributed by atoms with van der Waals surface area (Å²) >= 11 is 3.51. The van der Waals surface area contributed by atoms with E-state index in [4.69, 9.17) is 4.74 Å². The summed E-state index contributed by atoms with van der Waals surface area (Å²) < 4.78 is 8.03. The van der Waals surface area contributed by atoms with Crippen molar-refractivity contribution in [1.82, 2.24) is 9.78 Å². The van der Waals surface area contributed by atoms with Crippen molar-refractivity contribution in [3.63, 3.8) is 0 Å². The molecule has 0 spiro atoms. The average Bonchev–Trinajstić information content (AvgIpc) is 2.86. The van der Waals surface area contributed by atoms with E-state index in [9.17, 15) is 9.90 Å². The number of carboxylic acid groups (broad SMARTS) is 1. The number of aryl methyl sites for hydroxylation is 1. The van der Waals surface area contributed by atoms with Gasteiger partial charge in [-0.2, -0.15) is 5.10 Å². The third-order valence-electron chi connectivity index (χ3n) is 3.98. The molecule has 22 heavy (non-hydrogen) atoms. The van der Waals surface area contributed by atoms with E-state index in [1.165, 1.54) is 0 Å². The Morgan fingerprint density at radius 3 is 2.73 bits per heavy atom. The zero-order valence-electron chi connectivity index (χ0n) is 12.7. The van der Waals surface area contributed by atoms with Gasteiger partial charge in [0.25, 0.3) is 0 Å². The number of ether oxygens (including phenoxy) is 1. The van der Waals surface area contributed by atoms with Gasteiger partial charge in [0.2, 0.25) is 0 Å². The predicted octanol–water partition coefficient (Wildman–Crippen LogP) is 3.70. The van der Waals surface area contributed by atoms with Crippen LogP contribution in [-0.2, 0) is 12.8 Å². The fourth-order valence-electron chi connectivity index (χ4n) is 2.98. The number of nitrogens with zero attached hydrogens (tertiary/aromatic N) is 2. The number of aromatic nitrogens is 2. The van der Waals surface area contributed by atoms with Gasteiger partial charge in [0.1, 0.15) is 5.75 Å². The molecular formula is C16H17BrN2O3. The molecule has 6 heteroatoms. The number of fused-ring (bicyclic) bond motifs is 3. The lowest BCUT2D eigenvalue weighted by Gasteiger charge is -2.21. The molecule has 1 aliphatic rings. The Bertz CT molecular complexity index is 765. The molecule has 0 amide bonds. The highest BCUT2D eigenvalue weighted by Gasteiger charge is 2.29. The Labute approximate surface area is 137 Å². The number of hydrogen-bond acceptors (Lipinski definition) is 3. The van der Waals surface area contributed by atoms with Crippen molar-refractivity contribution in [1.29, 1.82) is 0 Å². The van der Waals surface area contributed by atoms with Crippen LogP contribution in [0.3, 0.4) is 0 Å². The van der Waals surface area contributed by atoms with Crippen LogP contribution in [0.25, 0.3) is 11.3 Å². The quantitative estimate of drug-likeness (QED) is 0.901. The Hall–Kier alpha value is -1.82. The van der Waals surface area contributed by atoms with Gasteiger partial charge < -0.3 is 9.84 Å². The molecule has 0 fully saturated rings. The van der Waals surface area contributed by atoms with Gasteiger partial charge in [0.15, 0.2) is 5.69 Å². The van der Waals surface area contributed by atoms with Gasteiger partial charge in [-0.05, 0) is 60.3 Å². The van der Waals surface area contributed by atoms with Gasteiger partial charge in [0, 0.05) is 17.2 Å². The summed E-state index contributed by atoms with van der Waals surface area (Å²) in [6.07, 6.45) is 1.47. The lowest BCUT2D eigenvalue weighted by molar-refractivity contribution is 0.0688. The van der Waals surface area contributed by atoms with Crippen molar-refractivity contribution in [3.8, 4) is 17.0 Å². The first-order chi connectivity index (χ1) is 10.4. The second-order valence-corrected chi connectivity index (χ2v) is 6.52. The van der Waals surface area contributed by atoms with Crippen LogP contribution in [0.4, 0.5) is 0 Å². The minimum Gasteiger partial charge on any atom is -0.496 e. The van der Waals surface area contributed by atoms with Crippen LogP contribution in [0.15, 0.2) is 16.6 Å². The lowest BCUT2D eigenvalue weighted by Crippen LogP contribution is -2.10. The molecule has 1 N–H and O–H groups in total. The van der Waals surface area contributed by atoms with E-state index in [1.54, 1.807) is 7.11 Å². The molecule has 116 valence electrons. The Balaban J connectivity index is 2.29. The number of hydrogen-bond donors (Lipinski definition) is 1. The maximum atomic E-state index is 11.5. The van der Waals surface area contributed by atoms with Crippen molar-refractivity contribution in [2.75, 3.05) is 7.11 Å². The highest BCUT2D eigenvalue weighted by molar-refractivity contribution is 9.10. The topological polar surface area (TPSA) is 64.3 Å². The summed E-state index contributed by atoms with van der Waals surface area (Å²) in [5, 5.41) is 13.7. The third-order valence-corrected chi connectivity index (χ3v) is 4.60. The van der Waals surface area contributed by atoms with Gasteiger partial charge in [-0.15, -0.1) is 0 Å². The normalized spacial score (nSPS) is 13.0. The first-order valence-electron chi connectivity index (χ1n) is 7.15. The lowest BCUT2D eigenvalue weighted by atomic mass is 9.88.